The third-order valence-corrected chi connectivity index (χ3v) is 4.07. The van der Waals surface area contributed by atoms with E-state index in [1.54, 1.807) is 14.0 Å². The molecule has 0 aliphatic carbocycles. The van der Waals surface area contributed by atoms with E-state index in [1.807, 2.05) is 13.8 Å². The van der Waals surface area contributed by atoms with Gasteiger partial charge >= 0.3 is 5.97 Å². The van der Waals surface area contributed by atoms with Crippen LogP contribution in [0.5, 0.6) is 0 Å². The van der Waals surface area contributed by atoms with Gasteiger partial charge in [0.1, 0.15) is 21.9 Å². The number of thiophene rings is 1. The zero-order chi connectivity index (χ0) is 14.9. The number of carboxylic acid groups (broad SMARTS) is 1. The maximum absolute atomic E-state index is 11.2. The van der Waals surface area contributed by atoms with E-state index in [0.29, 0.717) is 27.7 Å². The Labute approximate surface area is 120 Å². The Balaban J connectivity index is 2.52. The number of aromatic carboxylic acids is 1. The normalized spacial score (nSPS) is 11.8. The predicted octanol–water partition coefficient (Wildman–Crippen LogP) is 2.53. The van der Waals surface area contributed by atoms with E-state index in [9.17, 15) is 9.90 Å². The molecule has 0 unspecified atom stereocenters. The van der Waals surface area contributed by atoms with Gasteiger partial charge in [-0.25, -0.2) is 14.8 Å². The summed E-state index contributed by atoms with van der Waals surface area (Å²) in [6.07, 6.45) is 1.44. The molecule has 0 aromatic carbocycles. The van der Waals surface area contributed by atoms with Crippen LogP contribution in [-0.4, -0.2) is 40.3 Å². The number of ether oxygens (including phenoxy) is 1. The topological polar surface area (TPSA) is 84.3 Å². The van der Waals surface area contributed by atoms with Crippen LogP contribution < -0.4 is 5.32 Å². The van der Waals surface area contributed by atoms with Gasteiger partial charge in [0.25, 0.3) is 0 Å². The van der Waals surface area contributed by atoms with Crippen LogP contribution in [0.3, 0.4) is 0 Å². The Hall–Kier alpha value is -1.73. The number of nitrogens with zero attached hydrogens (tertiary/aromatic N) is 2. The molecule has 0 radical (unpaired) electrons. The van der Waals surface area contributed by atoms with E-state index < -0.39 is 5.97 Å². The van der Waals surface area contributed by atoms with Crippen LogP contribution in [-0.2, 0) is 4.74 Å². The SMILES string of the molecule is COCC(C)(C)Nc1ncnc2sc(C(=O)O)c(C)c12. The lowest BCUT2D eigenvalue weighted by Gasteiger charge is -2.26. The van der Waals surface area contributed by atoms with Crippen molar-refractivity contribution >= 4 is 33.3 Å². The average molecular weight is 295 g/mol. The zero-order valence-electron chi connectivity index (χ0n) is 11.9. The molecule has 0 bridgehead atoms. The third kappa shape index (κ3) is 2.73. The highest BCUT2D eigenvalue weighted by molar-refractivity contribution is 7.20. The molecule has 0 fully saturated rings. The summed E-state index contributed by atoms with van der Waals surface area (Å²) >= 11 is 1.16. The van der Waals surface area contributed by atoms with Gasteiger partial charge in [-0.3, -0.25) is 0 Å². The van der Waals surface area contributed by atoms with Gasteiger partial charge in [0, 0.05) is 7.11 Å². The quantitative estimate of drug-likeness (QED) is 0.881. The zero-order valence-corrected chi connectivity index (χ0v) is 12.7. The largest absolute Gasteiger partial charge is 0.477 e. The molecule has 2 N–H and O–H groups in total. The van der Waals surface area contributed by atoms with Gasteiger partial charge < -0.3 is 15.2 Å². The second kappa shape index (κ2) is 5.34. The predicted molar refractivity (Wildman–Crippen MR) is 78.7 cm³/mol. The number of hydrogen-bond acceptors (Lipinski definition) is 6. The Morgan fingerprint density at radius 3 is 2.80 bits per heavy atom. The molecular weight excluding hydrogens is 278 g/mol. The first-order valence-electron chi connectivity index (χ1n) is 6.10. The molecule has 20 heavy (non-hydrogen) atoms. The number of hydrogen-bond donors (Lipinski definition) is 2. The third-order valence-electron chi connectivity index (χ3n) is 2.88. The minimum Gasteiger partial charge on any atom is -0.477 e. The Kier molecular flexibility index (Phi) is 3.92. The molecule has 2 aromatic heterocycles. The number of aryl methyl sites for hydroxylation is 1. The first kappa shape index (κ1) is 14.7. The molecule has 2 aromatic rings. The molecule has 0 amide bonds. The van der Waals surface area contributed by atoms with Gasteiger partial charge in [-0.1, -0.05) is 0 Å². The van der Waals surface area contributed by atoms with E-state index in [0.717, 1.165) is 16.7 Å². The highest BCUT2D eigenvalue weighted by Crippen LogP contribution is 2.34. The van der Waals surface area contributed by atoms with E-state index >= 15 is 0 Å². The van der Waals surface area contributed by atoms with Crippen molar-refractivity contribution in [2.75, 3.05) is 19.0 Å². The molecular formula is C13H17N3O3S. The van der Waals surface area contributed by atoms with Crippen LogP contribution in [0.4, 0.5) is 5.82 Å². The summed E-state index contributed by atoms with van der Waals surface area (Å²) < 4.78 is 5.17. The molecule has 0 atom stereocenters. The van der Waals surface area contributed by atoms with Gasteiger partial charge in [-0.2, -0.15) is 0 Å². The molecule has 0 spiro atoms. The fourth-order valence-electron chi connectivity index (χ4n) is 2.09. The minimum absolute atomic E-state index is 0.299. The summed E-state index contributed by atoms with van der Waals surface area (Å²) in [6.45, 7) is 6.27. The lowest BCUT2D eigenvalue weighted by Crippen LogP contribution is -2.36. The molecule has 6 nitrogen and oxygen atoms in total. The number of methoxy groups -OCH3 is 1. The van der Waals surface area contributed by atoms with E-state index in [4.69, 9.17) is 4.74 Å². The fraction of sp³-hybridized carbons (Fsp3) is 0.462. The van der Waals surface area contributed by atoms with Crippen LogP contribution in [0.15, 0.2) is 6.33 Å². The Bertz CT molecular complexity index is 652. The highest BCUT2D eigenvalue weighted by Gasteiger charge is 2.23. The molecule has 2 rings (SSSR count). The van der Waals surface area contributed by atoms with E-state index in [2.05, 4.69) is 15.3 Å². The van der Waals surface area contributed by atoms with Gasteiger partial charge in [0.2, 0.25) is 0 Å². The average Bonchev–Trinajstić information content (AvgIpc) is 2.67. The summed E-state index contributed by atoms with van der Waals surface area (Å²) in [6, 6.07) is 0. The maximum atomic E-state index is 11.2. The molecule has 0 aliphatic rings. The number of fused-ring (bicyclic) bond motifs is 1. The molecule has 0 saturated carbocycles. The van der Waals surface area contributed by atoms with Gasteiger partial charge in [0.15, 0.2) is 0 Å². The number of carboxylic acids is 1. The van der Waals surface area contributed by atoms with Crippen molar-refractivity contribution in [3.8, 4) is 0 Å². The monoisotopic (exact) mass is 295 g/mol. The summed E-state index contributed by atoms with van der Waals surface area (Å²) in [5, 5.41) is 13.3. The van der Waals surface area contributed by atoms with Crippen molar-refractivity contribution in [2.24, 2.45) is 0 Å². The first-order valence-corrected chi connectivity index (χ1v) is 6.92. The van der Waals surface area contributed by atoms with Crippen molar-refractivity contribution in [3.63, 3.8) is 0 Å². The smallest absolute Gasteiger partial charge is 0.346 e. The number of nitrogens with one attached hydrogen (secondary N) is 1. The van der Waals surface area contributed by atoms with Crippen LogP contribution >= 0.6 is 11.3 Å². The molecule has 0 aliphatic heterocycles. The van der Waals surface area contributed by atoms with Gasteiger partial charge in [0.05, 0.1) is 17.5 Å². The summed E-state index contributed by atoms with van der Waals surface area (Å²) in [4.78, 5) is 20.6. The maximum Gasteiger partial charge on any atom is 0.346 e. The van der Waals surface area contributed by atoms with Gasteiger partial charge in [-0.05, 0) is 26.3 Å². The highest BCUT2D eigenvalue weighted by atomic mass is 32.1. The Morgan fingerprint density at radius 1 is 1.50 bits per heavy atom. The van der Waals surface area contributed by atoms with Crippen molar-refractivity contribution in [2.45, 2.75) is 26.3 Å². The number of rotatable bonds is 5. The summed E-state index contributed by atoms with van der Waals surface area (Å²) in [5.74, 6) is -0.300. The van der Waals surface area contributed by atoms with E-state index in [1.165, 1.54) is 6.33 Å². The standard InChI is InChI=1S/C13H17N3O3S/c1-7-8-10(16-13(2,3)5-19-4)14-6-15-11(8)20-9(7)12(17)18/h6H,5H2,1-4H3,(H,17,18)(H,14,15,16). The molecule has 108 valence electrons. The molecule has 0 saturated heterocycles. The second-order valence-electron chi connectivity index (χ2n) is 5.21. The van der Waals surface area contributed by atoms with Crippen LogP contribution in [0.2, 0.25) is 0 Å². The fourth-order valence-corrected chi connectivity index (χ4v) is 3.08. The number of carbonyl (C=O) groups is 1. The minimum atomic E-state index is -0.937. The number of aromatic nitrogens is 2. The first-order chi connectivity index (χ1) is 9.35. The van der Waals surface area contributed by atoms with Crippen molar-refractivity contribution in [1.82, 2.24) is 9.97 Å². The van der Waals surface area contributed by atoms with Crippen LogP contribution in [0.25, 0.3) is 10.2 Å². The van der Waals surface area contributed by atoms with E-state index in [-0.39, 0.29) is 5.54 Å². The lowest BCUT2D eigenvalue weighted by molar-refractivity contribution is 0.0701. The van der Waals surface area contributed by atoms with Crippen LogP contribution in [0.1, 0.15) is 29.1 Å². The summed E-state index contributed by atoms with van der Waals surface area (Å²) in [5.41, 5.74) is 0.377. The second-order valence-corrected chi connectivity index (χ2v) is 6.20. The van der Waals surface area contributed by atoms with Crippen molar-refractivity contribution in [3.05, 3.63) is 16.8 Å². The van der Waals surface area contributed by atoms with Gasteiger partial charge in [-0.15, -0.1) is 11.3 Å². The number of anilines is 1. The molecule has 2 heterocycles. The lowest BCUT2D eigenvalue weighted by atomic mass is 10.1. The Morgan fingerprint density at radius 2 is 2.20 bits per heavy atom. The van der Waals surface area contributed by atoms with Crippen molar-refractivity contribution < 1.29 is 14.6 Å². The van der Waals surface area contributed by atoms with Crippen LogP contribution in [0, 0.1) is 6.92 Å². The summed E-state index contributed by atoms with van der Waals surface area (Å²) in [7, 11) is 1.64. The molecule has 7 heteroatoms. The van der Waals surface area contributed by atoms with Crippen molar-refractivity contribution in [1.29, 1.82) is 0 Å².